The number of allylic oxidation sites excluding steroid dienone is 6. The van der Waals surface area contributed by atoms with Gasteiger partial charge in [-0.25, -0.2) is 0 Å². The number of rotatable bonds is 6. The van der Waals surface area contributed by atoms with Crippen LogP contribution in [-0.4, -0.2) is 4.98 Å². The van der Waals surface area contributed by atoms with Crippen LogP contribution in [0.25, 0.3) is 44.9 Å². The van der Waals surface area contributed by atoms with E-state index in [2.05, 4.69) is 96.5 Å². The van der Waals surface area contributed by atoms with Crippen molar-refractivity contribution in [3.8, 4) is 22.3 Å². The maximum absolute atomic E-state index is 6.81. The molecule has 0 bridgehead atoms. The van der Waals surface area contributed by atoms with Crippen LogP contribution in [0.4, 0.5) is 0 Å². The zero-order valence-electron chi connectivity index (χ0n) is 21.8. The molecule has 0 saturated carbocycles. The van der Waals surface area contributed by atoms with Crippen LogP contribution < -0.4 is 0 Å². The van der Waals surface area contributed by atoms with Crippen molar-refractivity contribution in [3.05, 3.63) is 150 Å². The summed E-state index contributed by atoms with van der Waals surface area (Å²) in [5, 5.41) is 1.77. The van der Waals surface area contributed by atoms with Crippen molar-refractivity contribution in [3.63, 3.8) is 0 Å². The largest absolute Gasteiger partial charge is 0.459 e. The van der Waals surface area contributed by atoms with E-state index >= 15 is 0 Å². The molecular formula is C36H28ClNO. The van der Waals surface area contributed by atoms with Crippen LogP contribution in [0.3, 0.4) is 0 Å². The van der Waals surface area contributed by atoms with E-state index in [4.69, 9.17) is 16.0 Å². The van der Waals surface area contributed by atoms with E-state index in [9.17, 15) is 0 Å². The fourth-order valence-electron chi connectivity index (χ4n) is 5.39. The fraction of sp³-hybridized carbons (Fsp3) is 0.0833. The molecule has 1 atom stereocenters. The molecule has 2 nitrogen and oxygen atoms in total. The van der Waals surface area contributed by atoms with Gasteiger partial charge < -0.3 is 4.42 Å². The predicted octanol–water partition coefficient (Wildman–Crippen LogP) is 10.5. The van der Waals surface area contributed by atoms with Crippen LogP contribution >= 0.6 is 11.6 Å². The van der Waals surface area contributed by atoms with Crippen molar-refractivity contribution in [2.75, 3.05) is 0 Å². The quantitative estimate of drug-likeness (QED) is 0.206. The number of fused-ring (bicyclic) bond motifs is 3. The van der Waals surface area contributed by atoms with Crippen molar-refractivity contribution in [2.45, 2.75) is 19.3 Å². The minimum Gasteiger partial charge on any atom is -0.459 e. The SMILES string of the molecule is C=C/C=C\C(=C/C)c1ccc(-c2c(Cl)ccc3c4c(oc23)C(c2ccc(-c3cccnc3)cc2)CC=C4)cc1. The van der Waals surface area contributed by atoms with Crippen molar-refractivity contribution < 1.29 is 4.42 Å². The van der Waals surface area contributed by atoms with E-state index in [1.165, 1.54) is 5.56 Å². The van der Waals surface area contributed by atoms with Crippen LogP contribution in [-0.2, 0) is 0 Å². The lowest BCUT2D eigenvalue weighted by molar-refractivity contribution is 0.517. The Bertz CT molecular complexity index is 1740. The lowest BCUT2D eigenvalue weighted by Gasteiger charge is -2.18. The summed E-state index contributed by atoms with van der Waals surface area (Å²) in [6.45, 7) is 5.81. The van der Waals surface area contributed by atoms with E-state index < -0.39 is 0 Å². The molecule has 2 aromatic heterocycles. The van der Waals surface area contributed by atoms with Gasteiger partial charge in [0.15, 0.2) is 0 Å². The van der Waals surface area contributed by atoms with Crippen LogP contribution in [0, 0.1) is 0 Å². The maximum Gasteiger partial charge on any atom is 0.144 e. The van der Waals surface area contributed by atoms with Crippen LogP contribution in [0.1, 0.15) is 41.7 Å². The first-order valence-corrected chi connectivity index (χ1v) is 13.5. The molecule has 1 aliphatic rings. The Hall–Kier alpha value is -4.40. The molecule has 6 rings (SSSR count). The molecule has 3 aromatic carbocycles. The number of pyridine rings is 1. The Morgan fingerprint density at radius 3 is 2.49 bits per heavy atom. The third-order valence-corrected chi connectivity index (χ3v) is 7.70. The topological polar surface area (TPSA) is 26.0 Å². The van der Waals surface area contributed by atoms with Crippen molar-refractivity contribution in [1.82, 2.24) is 4.98 Å². The summed E-state index contributed by atoms with van der Waals surface area (Å²) in [7, 11) is 0. The summed E-state index contributed by atoms with van der Waals surface area (Å²) < 4.78 is 6.71. The first kappa shape index (κ1) is 24.9. The number of hydrogen-bond acceptors (Lipinski definition) is 2. The highest BCUT2D eigenvalue weighted by Gasteiger charge is 2.27. The highest BCUT2D eigenvalue weighted by molar-refractivity contribution is 6.35. The third kappa shape index (κ3) is 4.69. The minimum absolute atomic E-state index is 0.142. The maximum atomic E-state index is 6.81. The smallest absolute Gasteiger partial charge is 0.144 e. The number of halogens is 1. The first-order chi connectivity index (χ1) is 19.2. The molecular weight excluding hydrogens is 498 g/mol. The fourth-order valence-corrected chi connectivity index (χ4v) is 5.65. The van der Waals surface area contributed by atoms with E-state index in [1.54, 1.807) is 12.3 Å². The molecule has 0 amide bonds. The number of nitrogens with zero attached hydrogens (tertiary/aromatic N) is 1. The molecule has 3 heteroatoms. The Balaban J connectivity index is 1.40. The Morgan fingerprint density at radius 1 is 0.974 bits per heavy atom. The van der Waals surface area contributed by atoms with Gasteiger partial charge in [-0.1, -0.05) is 109 Å². The van der Waals surface area contributed by atoms with E-state index in [1.807, 2.05) is 31.3 Å². The molecule has 2 heterocycles. The molecule has 0 fully saturated rings. The van der Waals surface area contributed by atoms with Crippen LogP contribution in [0.2, 0.25) is 5.02 Å². The normalized spacial score (nSPS) is 15.1. The lowest BCUT2D eigenvalue weighted by Crippen LogP contribution is -2.03. The number of aromatic nitrogens is 1. The number of benzene rings is 3. The third-order valence-electron chi connectivity index (χ3n) is 7.38. The van der Waals surface area contributed by atoms with Gasteiger partial charge in [-0.15, -0.1) is 0 Å². The monoisotopic (exact) mass is 525 g/mol. The molecule has 1 unspecified atom stereocenters. The van der Waals surface area contributed by atoms with Gasteiger partial charge >= 0.3 is 0 Å². The standard InChI is InChI=1S/C36H28ClNO/c1-3-5-8-24(4-2)25-14-18-28(19-15-25)34-33(37)21-20-32-31-11-6-10-30(35(31)39-36(32)34)27-16-12-26(13-17-27)29-9-7-22-38-23-29/h3-9,11-23,30H,1,10H2,2H3/b8-5-,24-4+. The Morgan fingerprint density at radius 2 is 1.77 bits per heavy atom. The van der Waals surface area contributed by atoms with Gasteiger partial charge in [-0.3, -0.25) is 4.98 Å². The van der Waals surface area contributed by atoms with E-state index in [-0.39, 0.29) is 5.92 Å². The number of hydrogen-bond donors (Lipinski definition) is 0. The summed E-state index contributed by atoms with van der Waals surface area (Å²) in [6.07, 6.45) is 16.9. The van der Waals surface area contributed by atoms with Crippen molar-refractivity contribution in [1.29, 1.82) is 0 Å². The average molecular weight is 526 g/mol. The van der Waals surface area contributed by atoms with Gasteiger partial charge in [0.25, 0.3) is 0 Å². The molecule has 0 saturated heterocycles. The highest BCUT2D eigenvalue weighted by atomic mass is 35.5. The summed E-state index contributed by atoms with van der Waals surface area (Å²) in [5.41, 5.74) is 9.71. The van der Waals surface area contributed by atoms with E-state index in [0.29, 0.717) is 5.02 Å². The molecule has 39 heavy (non-hydrogen) atoms. The second kappa shape index (κ2) is 10.8. The first-order valence-electron chi connectivity index (χ1n) is 13.2. The van der Waals surface area contributed by atoms with Gasteiger partial charge in [-0.2, -0.15) is 0 Å². The molecule has 0 N–H and O–H groups in total. The van der Waals surface area contributed by atoms with Crippen molar-refractivity contribution in [2.24, 2.45) is 0 Å². The van der Waals surface area contributed by atoms with Gasteiger partial charge in [0.05, 0.1) is 5.02 Å². The summed E-state index contributed by atoms with van der Waals surface area (Å²) >= 11 is 6.81. The Kier molecular flexibility index (Phi) is 6.87. The molecule has 0 aliphatic heterocycles. The van der Waals surface area contributed by atoms with Gasteiger partial charge in [-0.05, 0) is 64.9 Å². The second-order valence-electron chi connectivity index (χ2n) is 9.65. The summed E-state index contributed by atoms with van der Waals surface area (Å²) in [6, 6.07) is 25.3. The summed E-state index contributed by atoms with van der Waals surface area (Å²) in [4.78, 5) is 4.25. The molecule has 190 valence electrons. The van der Waals surface area contributed by atoms with Gasteiger partial charge in [0.1, 0.15) is 11.3 Å². The molecule has 0 radical (unpaired) electrons. The predicted molar refractivity (Wildman–Crippen MR) is 165 cm³/mol. The number of furan rings is 1. The second-order valence-corrected chi connectivity index (χ2v) is 10.1. The van der Waals surface area contributed by atoms with Gasteiger partial charge in [0, 0.05) is 34.8 Å². The van der Waals surface area contributed by atoms with Crippen LogP contribution in [0.5, 0.6) is 0 Å². The highest BCUT2D eigenvalue weighted by Crippen LogP contribution is 2.45. The average Bonchev–Trinajstić information content (AvgIpc) is 3.37. The lowest BCUT2D eigenvalue weighted by atomic mass is 9.86. The molecule has 0 spiro atoms. The summed E-state index contributed by atoms with van der Waals surface area (Å²) in [5.74, 6) is 1.13. The zero-order valence-corrected chi connectivity index (χ0v) is 22.5. The molecule has 5 aromatic rings. The van der Waals surface area contributed by atoms with E-state index in [0.717, 1.165) is 62.1 Å². The van der Waals surface area contributed by atoms with Gasteiger partial charge in [0.2, 0.25) is 0 Å². The minimum atomic E-state index is 0.142. The van der Waals surface area contributed by atoms with Crippen molar-refractivity contribution >= 4 is 34.2 Å². The molecule has 1 aliphatic carbocycles. The zero-order chi connectivity index (χ0) is 26.8. The Labute approximate surface area is 234 Å². The van der Waals surface area contributed by atoms with Crippen LogP contribution in [0.15, 0.2) is 127 Å².